The minimum absolute atomic E-state index is 0.0594. The molecule has 1 aromatic heterocycles. The van der Waals surface area contributed by atoms with E-state index in [1.165, 1.54) is 0 Å². The van der Waals surface area contributed by atoms with Crippen molar-refractivity contribution in [2.75, 3.05) is 19.7 Å². The van der Waals surface area contributed by atoms with Crippen LogP contribution in [-0.4, -0.2) is 40.1 Å². The fourth-order valence-electron chi connectivity index (χ4n) is 3.96. The van der Waals surface area contributed by atoms with Crippen LogP contribution in [0, 0.1) is 12.8 Å². The topological polar surface area (TPSA) is 47.4 Å². The summed E-state index contributed by atoms with van der Waals surface area (Å²) in [4.78, 5) is 19.2. The summed E-state index contributed by atoms with van der Waals surface area (Å²) in [7, 11) is 0. The number of carbonyl (C=O) groups is 1. The molecule has 1 amide bonds. The van der Waals surface area contributed by atoms with Gasteiger partial charge in [0, 0.05) is 37.1 Å². The first-order chi connectivity index (χ1) is 14.2. The Labute approximate surface area is 171 Å². The zero-order valence-electron chi connectivity index (χ0n) is 16.8. The number of carbonyl (C=O) groups excluding carboxylic acids is 1. The lowest BCUT2D eigenvalue weighted by atomic mass is 9.97. The maximum atomic E-state index is 12.7. The Morgan fingerprint density at radius 3 is 2.59 bits per heavy atom. The molecule has 2 aromatic carbocycles. The highest BCUT2D eigenvalue weighted by molar-refractivity contribution is 5.77. The summed E-state index contributed by atoms with van der Waals surface area (Å²) in [5.74, 6) is 2.21. The van der Waals surface area contributed by atoms with E-state index < -0.39 is 0 Å². The minimum Gasteiger partial charge on any atom is -0.484 e. The zero-order valence-corrected chi connectivity index (χ0v) is 16.8. The number of para-hydroxylation sites is 1. The van der Waals surface area contributed by atoms with Crippen molar-refractivity contribution in [3.63, 3.8) is 0 Å². The Morgan fingerprint density at radius 1 is 1.10 bits per heavy atom. The van der Waals surface area contributed by atoms with Gasteiger partial charge >= 0.3 is 0 Å². The van der Waals surface area contributed by atoms with E-state index in [0.717, 1.165) is 55.3 Å². The molecule has 1 saturated heterocycles. The van der Waals surface area contributed by atoms with Crippen molar-refractivity contribution in [1.29, 1.82) is 0 Å². The van der Waals surface area contributed by atoms with Crippen LogP contribution >= 0.6 is 0 Å². The Hall–Kier alpha value is -3.08. The zero-order chi connectivity index (χ0) is 20.1. The van der Waals surface area contributed by atoms with Gasteiger partial charge in [0.2, 0.25) is 0 Å². The lowest BCUT2D eigenvalue weighted by Crippen LogP contribution is -2.43. The van der Waals surface area contributed by atoms with Crippen molar-refractivity contribution in [1.82, 2.24) is 14.5 Å². The van der Waals surface area contributed by atoms with E-state index in [0.29, 0.717) is 5.92 Å². The van der Waals surface area contributed by atoms with E-state index in [4.69, 9.17) is 4.74 Å². The molecule has 2 heterocycles. The Bertz CT molecular complexity index is 937. The summed E-state index contributed by atoms with van der Waals surface area (Å²) in [5.41, 5.74) is 2.28. The third kappa shape index (κ3) is 4.67. The lowest BCUT2D eigenvalue weighted by molar-refractivity contribution is -0.135. The molecule has 5 heteroatoms. The van der Waals surface area contributed by atoms with Gasteiger partial charge in [0.15, 0.2) is 6.61 Å². The summed E-state index contributed by atoms with van der Waals surface area (Å²) in [6, 6.07) is 19.8. The second-order valence-corrected chi connectivity index (χ2v) is 7.65. The highest BCUT2D eigenvalue weighted by Gasteiger charge is 2.25. The first-order valence-electron chi connectivity index (χ1n) is 10.2. The number of ether oxygens (including phenoxy) is 1. The van der Waals surface area contributed by atoms with Crippen LogP contribution < -0.4 is 4.74 Å². The third-order valence-corrected chi connectivity index (χ3v) is 5.51. The predicted molar refractivity (Wildman–Crippen MR) is 114 cm³/mol. The molecule has 0 N–H and O–H groups in total. The molecular formula is C24H27N3O2. The van der Waals surface area contributed by atoms with Gasteiger partial charge in [0.1, 0.15) is 11.6 Å². The molecule has 1 aliphatic rings. The first-order valence-corrected chi connectivity index (χ1v) is 10.2. The molecule has 1 unspecified atom stereocenters. The maximum Gasteiger partial charge on any atom is 0.260 e. The Kier molecular flexibility index (Phi) is 5.94. The molecule has 1 atom stereocenters. The number of hydrogen-bond donors (Lipinski definition) is 0. The number of imidazole rings is 1. The average molecular weight is 389 g/mol. The molecule has 0 saturated carbocycles. The van der Waals surface area contributed by atoms with Gasteiger partial charge in [-0.3, -0.25) is 4.79 Å². The quantitative estimate of drug-likeness (QED) is 0.636. The molecule has 5 nitrogen and oxygen atoms in total. The normalized spacial score (nSPS) is 16.6. The summed E-state index contributed by atoms with van der Waals surface area (Å²) in [6.07, 6.45) is 4.08. The molecule has 3 aromatic rings. The summed E-state index contributed by atoms with van der Waals surface area (Å²) >= 11 is 0. The second-order valence-electron chi connectivity index (χ2n) is 7.65. The van der Waals surface area contributed by atoms with Crippen molar-refractivity contribution in [2.45, 2.75) is 26.3 Å². The standard InChI is InChI=1S/C24H27N3O2/c1-19-15-25-24(21-10-4-2-5-11-21)27(19)17-20-9-8-14-26(16-20)23(28)18-29-22-12-6-3-7-13-22/h2-7,10-13,15,20H,8-9,14,16-18H2,1H3. The van der Waals surface area contributed by atoms with E-state index >= 15 is 0 Å². The summed E-state index contributed by atoms with van der Waals surface area (Å²) < 4.78 is 7.94. The van der Waals surface area contributed by atoms with Crippen LogP contribution in [0.3, 0.4) is 0 Å². The molecule has 1 aliphatic heterocycles. The van der Waals surface area contributed by atoms with Gasteiger partial charge in [0.25, 0.3) is 5.91 Å². The molecule has 0 bridgehead atoms. The summed E-state index contributed by atoms with van der Waals surface area (Å²) in [6.45, 7) is 4.64. The van der Waals surface area contributed by atoms with Gasteiger partial charge in [0.05, 0.1) is 0 Å². The number of benzene rings is 2. The largest absolute Gasteiger partial charge is 0.484 e. The Balaban J connectivity index is 1.39. The van der Waals surface area contributed by atoms with Crippen molar-refractivity contribution in [2.24, 2.45) is 5.92 Å². The van der Waals surface area contributed by atoms with Gasteiger partial charge in [-0.1, -0.05) is 48.5 Å². The highest BCUT2D eigenvalue weighted by Crippen LogP contribution is 2.24. The van der Waals surface area contributed by atoms with E-state index in [2.05, 4.69) is 28.6 Å². The van der Waals surface area contributed by atoms with E-state index in [9.17, 15) is 4.79 Å². The van der Waals surface area contributed by atoms with Gasteiger partial charge in [-0.25, -0.2) is 4.98 Å². The van der Waals surface area contributed by atoms with Crippen LogP contribution in [0.4, 0.5) is 0 Å². The molecule has 0 aliphatic carbocycles. The van der Waals surface area contributed by atoms with Crippen molar-refractivity contribution >= 4 is 5.91 Å². The van der Waals surface area contributed by atoms with Gasteiger partial charge in [-0.2, -0.15) is 0 Å². The van der Waals surface area contributed by atoms with E-state index in [1.54, 1.807) is 0 Å². The number of amides is 1. The molecule has 4 rings (SSSR count). The SMILES string of the molecule is Cc1cnc(-c2ccccc2)n1CC1CCCN(C(=O)COc2ccccc2)C1. The van der Waals surface area contributed by atoms with Crippen LogP contribution in [-0.2, 0) is 11.3 Å². The highest BCUT2D eigenvalue weighted by atomic mass is 16.5. The fraction of sp³-hybridized carbons (Fsp3) is 0.333. The van der Waals surface area contributed by atoms with Gasteiger partial charge in [-0.05, 0) is 37.8 Å². The summed E-state index contributed by atoms with van der Waals surface area (Å²) in [5, 5.41) is 0. The number of aryl methyl sites for hydroxylation is 1. The van der Waals surface area contributed by atoms with Crippen molar-refractivity contribution in [3.05, 3.63) is 72.6 Å². The van der Waals surface area contributed by atoms with Gasteiger partial charge < -0.3 is 14.2 Å². The second kappa shape index (κ2) is 8.95. The maximum absolute atomic E-state index is 12.7. The van der Waals surface area contributed by atoms with Crippen LogP contribution in [0.25, 0.3) is 11.4 Å². The third-order valence-electron chi connectivity index (χ3n) is 5.51. The number of likely N-dealkylation sites (tertiary alicyclic amines) is 1. The van der Waals surface area contributed by atoms with Crippen LogP contribution in [0.15, 0.2) is 66.9 Å². The van der Waals surface area contributed by atoms with E-state index in [1.807, 2.05) is 59.6 Å². The first kappa shape index (κ1) is 19.2. The monoisotopic (exact) mass is 389 g/mol. The van der Waals surface area contributed by atoms with Crippen LogP contribution in [0.5, 0.6) is 5.75 Å². The van der Waals surface area contributed by atoms with Gasteiger partial charge in [-0.15, -0.1) is 0 Å². The van der Waals surface area contributed by atoms with Crippen LogP contribution in [0.1, 0.15) is 18.5 Å². The number of piperidine rings is 1. The number of rotatable bonds is 6. The molecule has 0 spiro atoms. The van der Waals surface area contributed by atoms with Crippen molar-refractivity contribution in [3.8, 4) is 17.1 Å². The predicted octanol–water partition coefficient (Wildman–Crippen LogP) is 4.18. The van der Waals surface area contributed by atoms with Crippen molar-refractivity contribution < 1.29 is 9.53 Å². The van der Waals surface area contributed by atoms with E-state index in [-0.39, 0.29) is 12.5 Å². The smallest absolute Gasteiger partial charge is 0.260 e. The Morgan fingerprint density at radius 2 is 1.83 bits per heavy atom. The number of aromatic nitrogens is 2. The number of nitrogens with zero attached hydrogens (tertiary/aromatic N) is 3. The lowest BCUT2D eigenvalue weighted by Gasteiger charge is -2.33. The molecule has 1 fully saturated rings. The fourth-order valence-corrected chi connectivity index (χ4v) is 3.96. The molecule has 150 valence electrons. The molecular weight excluding hydrogens is 362 g/mol. The van der Waals surface area contributed by atoms with Crippen LogP contribution in [0.2, 0.25) is 0 Å². The molecule has 29 heavy (non-hydrogen) atoms. The number of hydrogen-bond acceptors (Lipinski definition) is 3. The molecule has 0 radical (unpaired) electrons. The minimum atomic E-state index is 0.0594. The average Bonchev–Trinajstić information content (AvgIpc) is 3.13.